The molecule has 1 rings (SSSR count). The van der Waals surface area contributed by atoms with E-state index >= 15 is 0 Å². The standard InChI is InChI=1S/C15H33N3/c1-4-16-11-7-6-8-12-17(3)14-15-10-9-13-18(15)5-2/h15-16H,4-14H2,1-3H3. The highest BCUT2D eigenvalue weighted by atomic mass is 15.2. The number of unbranched alkanes of at least 4 members (excludes halogenated alkanes) is 2. The first-order chi connectivity index (χ1) is 8.77. The van der Waals surface area contributed by atoms with E-state index in [1.807, 2.05) is 0 Å². The highest BCUT2D eigenvalue weighted by Gasteiger charge is 2.23. The van der Waals surface area contributed by atoms with Crippen molar-refractivity contribution >= 4 is 0 Å². The van der Waals surface area contributed by atoms with Gasteiger partial charge in [0.15, 0.2) is 0 Å². The van der Waals surface area contributed by atoms with Crippen molar-refractivity contribution in [3.63, 3.8) is 0 Å². The predicted molar refractivity (Wildman–Crippen MR) is 80.2 cm³/mol. The van der Waals surface area contributed by atoms with Crippen LogP contribution in [0.2, 0.25) is 0 Å². The van der Waals surface area contributed by atoms with Gasteiger partial charge in [-0.3, -0.25) is 4.90 Å². The monoisotopic (exact) mass is 255 g/mol. The molecule has 0 bridgehead atoms. The Balaban J connectivity index is 2.01. The Bertz CT molecular complexity index is 196. The predicted octanol–water partition coefficient (Wildman–Crippen LogP) is 2.18. The molecule has 1 aliphatic rings. The lowest BCUT2D eigenvalue weighted by Gasteiger charge is -2.27. The van der Waals surface area contributed by atoms with Gasteiger partial charge < -0.3 is 10.2 Å². The molecule has 0 aliphatic carbocycles. The second kappa shape index (κ2) is 9.76. The van der Waals surface area contributed by atoms with Crippen molar-refractivity contribution in [3.8, 4) is 0 Å². The van der Waals surface area contributed by atoms with Gasteiger partial charge in [-0.15, -0.1) is 0 Å². The third-order valence-electron chi connectivity index (χ3n) is 4.07. The van der Waals surface area contributed by atoms with Crippen LogP contribution in [0, 0.1) is 0 Å². The zero-order chi connectivity index (χ0) is 13.2. The average Bonchev–Trinajstić information content (AvgIpc) is 2.80. The Kier molecular flexibility index (Phi) is 8.64. The zero-order valence-electron chi connectivity index (χ0n) is 12.7. The van der Waals surface area contributed by atoms with Gasteiger partial charge in [0.2, 0.25) is 0 Å². The molecule has 0 spiro atoms. The molecule has 3 heteroatoms. The molecule has 0 aromatic rings. The van der Waals surface area contributed by atoms with Gasteiger partial charge in [-0.1, -0.05) is 20.3 Å². The van der Waals surface area contributed by atoms with Crippen LogP contribution in [0.25, 0.3) is 0 Å². The molecule has 18 heavy (non-hydrogen) atoms. The van der Waals surface area contributed by atoms with Crippen LogP contribution < -0.4 is 5.32 Å². The molecule has 1 fully saturated rings. The third-order valence-corrected chi connectivity index (χ3v) is 4.07. The van der Waals surface area contributed by atoms with Gasteiger partial charge in [-0.2, -0.15) is 0 Å². The first-order valence-electron chi connectivity index (χ1n) is 7.91. The third kappa shape index (κ3) is 6.17. The Morgan fingerprint density at radius 3 is 2.78 bits per heavy atom. The van der Waals surface area contributed by atoms with E-state index in [1.54, 1.807) is 0 Å². The fraction of sp³-hybridized carbons (Fsp3) is 1.00. The molecule has 0 aromatic heterocycles. The number of likely N-dealkylation sites (N-methyl/N-ethyl adjacent to an activating group) is 2. The number of likely N-dealkylation sites (tertiary alicyclic amines) is 1. The summed E-state index contributed by atoms with van der Waals surface area (Å²) in [7, 11) is 2.29. The van der Waals surface area contributed by atoms with Gasteiger partial charge in [0.25, 0.3) is 0 Å². The molecule has 0 saturated carbocycles. The number of nitrogens with one attached hydrogen (secondary N) is 1. The van der Waals surface area contributed by atoms with E-state index in [0.717, 1.165) is 12.6 Å². The second-order valence-electron chi connectivity index (χ2n) is 5.60. The van der Waals surface area contributed by atoms with Crippen molar-refractivity contribution in [2.75, 3.05) is 46.3 Å². The highest BCUT2D eigenvalue weighted by Crippen LogP contribution is 2.17. The highest BCUT2D eigenvalue weighted by molar-refractivity contribution is 4.80. The first-order valence-corrected chi connectivity index (χ1v) is 7.91. The van der Waals surface area contributed by atoms with Gasteiger partial charge in [-0.05, 0) is 65.5 Å². The minimum Gasteiger partial charge on any atom is -0.317 e. The molecule has 3 nitrogen and oxygen atoms in total. The summed E-state index contributed by atoms with van der Waals surface area (Å²) in [6.07, 6.45) is 6.83. The van der Waals surface area contributed by atoms with E-state index in [4.69, 9.17) is 0 Å². The SMILES string of the molecule is CCNCCCCCN(C)CC1CCCN1CC. The minimum absolute atomic E-state index is 0.821. The fourth-order valence-corrected chi connectivity index (χ4v) is 2.95. The lowest BCUT2D eigenvalue weighted by Crippen LogP contribution is -2.39. The normalized spacial score (nSPS) is 21.0. The summed E-state index contributed by atoms with van der Waals surface area (Å²) in [5.41, 5.74) is 0. The van der Waals surface area contributed by atoms with E-state index in [2.05, 4.69) is 36.0 Å². The zero-order valence-corrected chi connectivity index (χ0v) is 12.7. The summed E-state index contributed by atoms with van der Waals surface area (Å²) in [6, 6.07) is 0.821. The van der Waals surface area contributed by atoms with E-state index in [0.29, 0.717) is 0 Å². The molecule has 1 N–H and O–H groups in total. The van der Waals surface area contributed by atoms with Crippen LogP contribution in [0.3, 0.4) is 0 Å². The van der Waals surface area contributed by atoms with Crippen molar-refractivity contribution in [3.05, 3.63) is 0 Å². The lowest BCUT2D eigenvalue weighted by atomic mass is 10.2. The molecule has 0 radical (unpaired) electrons. The van der Waals surface area contributed by atoms with Crippen LogP contribution in [-0.2, 0) is 0 Å². The maximum Gasteiger partial charge on any atom is 0.0223 e. The molecule has 1 aliphatic heterocycles. The van der Waals surface area contributed by atoms with E-state index in [9.17, 15) is 0 Å². The number of rotatable bonds is 10. The van der Waals surface area contributed by atoms with E-state index in [1.165, 1.54) is 64.8 Å². The summed E-state index contributed by atoms with van der Waals surface area (Å²) in [4.78, 5) is 5.17. The van der Waals surface area contributed by atoms with Gasteiger partial charge in [-0.25, -0.2) is 0 Å². The Morgan fingerprint density at radius 2 is 2.06 bits per heavy atom. The van der Waals surface area contributed by atoms with Gasteiger partial charge in [0.05, 0.1) is 0 Å². The quantitative estimate of drug-likeness (QED) is 0.604. The first kappa shape index (κ1) is 15.9. The molecule has 0 amide bonds. The summed E-state index contributed by atoms with van der Waals surface area (Å²) in [5.74, 6) is 0. The Labute approximate surface area is 114 Å². The van der Waals surface area contributed by atoms with E-state index < -0.39 is 0 Å². The minimum atomic E-state index is 0.821. The van der Waals surface area contributed by atoms with Crippen LogP contribution in [0.1, 0.15) is 46.0 Å². The number of hydrogen-bond acceptors (Lipinski definition) is 3. The van der Waals surface area contributed by atoms with E-state index in [-0.39, 0.29) is 0 Å². The number of hydrogen-bond donors (Lipinski definition) is 1. The average molecular weight is 255 g/mol. The fourth-order valence-electron chi connectivity index (χ4n) is 2.95. The topological polar surface area (TPSA) is 18.5 Å². The molecule has 1 atom stereocenters. The van der Waals surface area contributed by atoms with Crippen molar-refractivity contribution < 1.29 is 0 Å². The molecule has 1 saturated heterocycles. The summed E-state index contributed by atoms with van der Waals surface area (Å²) in [6.45, 7) is 11.8. The van der Waals surface area contributed by atoms with Gasteiger partial charge >= 0.3 is 0 Å². The van der Waals surface area contributed by atoms with Crippen molar-refractivity contribution in [1.29, 1.82) is 0 Å². The second-order valence-corrected chi connectivity index (χ2v) is 5.60. The lowest BCUT2D eigenvalue weighted by molar-refractivity contribution is 0.197. The molecule has 1 unspecified atom stereocenters. The van der Waals surface area contributed by atoms with Crippen LogP contribution in [0.15, 0.2) is 0 Å². The van der Waals surface area contributed by atoms with Crippen molar-refractivity contribution in [1.82, 2.24) is 15.1 Å². The molecule has 1 heterocycles. The van der Waals surface area contributed by atoms with Crippen LogP contribution >= 0.6 is 0 Å². The van der Waals surface area contributed by atoms with Crippen LogP contribution in [-0.4, -0.2) is 62.2 Å². The molecule has 108 valence electrons. The smallest absolute Gasteiger partial charge is 0.0223 e. The molecular weight excluding hydrogens is 222 g/mol. The van der Waals surface area contributed by atoms with Gasteiger partial charge in [0, 0.05) is 12.6 Å². The molecular formula is C15H33N3. The Morgan fingerprint density at radius 1 is 1.22 bits per heavy atom. The van der Waals surface area contributed by atoms with Crippen LogP contribution in [0.5, 0.6) is 0 Å². The largest absolute Gasteiger partial charge is 0.317 e. The van der Waals surface area contributed by atoms with Crippen molar-refractivity contribution in [2.24, 2.45) is 0 Å². The molecule has 0 aromatic carbocycles. The maximum atomic E-state index is 3.39. The van der Waals surface area contributed by atoms with Crippen molar-refractivity contribution in [2.45, 2.75) is 52.0 Å². The summed E-state index contributed by atoms with van der Waals surface area (Å²) in [5, 5.41) is 3.39. The maximum absolute atomic E-state index is 3.39. The summed E-state index contributed by atoms with van der Waals surface area (Å²) >= 11 is 0. The Hall–Kier alpha value is -0.120. The van der Waals surface area contributed by atoms with Gasteiger partial charge in [0.1, 0.15) is 0 Å². The summed E-state index contributed by atoms with van der Waals surface area (Å²) < 4.78 is 0. The number of nitrogens with zero attached hydrogens (tertiary/aromatic N) is 2. The van der Waals surface area contributed by atoms with Crippen LogP contribution in [0.4, 0.5) is 0 Å².